The van der Waals surface area contributed by atoms with Crippen LogP contribution in [0, 0.1) is 0 Å². The van der Waals surface area contributed by atoms with Crippen LogP contribution in [0.4, 0.5) is 17.1 Å². The molecule has 0 spiro atoms. The summed E-state index contributed by atoms with van der Waals surface area (Å²) in [6.45, 7) is 18.6. The largest absolute Gasteiger partial charge is 0.454 e. The number of para-hydroxylation sites is 4. The van der Waals surface area contributed by atoms with Crippen molar-refractivity contribution in [3.8, 4) is 44.5 Å². The quantitative estimate of drug-likeness (QED) is 0.166. The van der Waals surface area contributed by atoms with E-state index < -0.39 is 0 Å². The maximum absolute atomic E-state index is 6.91. The van der Waals surface area contributed by atoms with Crippen LogP contribution < -0.4 is 4.90 Å². The van der Waals surface area contributed by atoms with Crippen molar-refractivity contribution in [1.82, 2.24) is 0 Å². The van der Waals surface area contributed by atoms with E-state index in [9.17, 15) is 0 Å². The number of nitrogens with zero attached hydrogens (tertiary/aromatic N) is 1. The van der Waals surface area contributed by atoms with Crippen molar-refractivity contribution >= 4 is 49.8 Å². The molecule has 9 aromatic carbocycles. The molecule has 0 atom stereocenters. The van der Waals surface area contributed by atoms with Crippen molar-refractivity contribution in [1.29, 1.82) is 0 Å². The van der Waals surface area contributed by atoms with Crippen molar-refractivity contribution in [2.24, 2.45) is 0 Å². The van der Waals surface area contributed by atoms with Gasteiger partial charge in [0.05, 0.1) is 17.1 Å². The van der Waals surface area contributed by atoms with E-state index in [1.165, 1.54) is 66.4 Å². The summed E-state index contributed by atoms with van der Waals surface area (Å²) in [4.78, 5) is 2.46. The van der Waals surface area contributed by atoms with Gasteiger partial charge < -0.3 is 9.32 Å². The maximum Gasteiger partial charge on any atom is 0.159 e. The Hall–Kier alpha value is -7.16. The minimum Gasteiger partial charge on any atom is -0.454 e. The average molecular weight is 842 g/mol. The topological polar surface area (TPSA) is 16.4 Å². The third-order valence-corrected chi connectivity index (χ3v) is 14.0. The number of fused-ring (bicyclic) bond motifs is 7. The first-order valence-corrected chi connectivity index (χ1v) is 23.1. The molecule has 1 aliphatic rings. The zero-order valence-corrected chi connectivity index (χ0v) is 38.8. The van der Waals surface area contributed by atoms with E-state index in [-0.39, 0.29) is 16.2 Å². The van der Waals surface area contributed by atoms with Crippen molar-refractivity contribution in [2.75, 3.05) is 4.90 Å². The SMILES string of the molecule is CC(C)(C)c1cc(-c2cccc3cccc(-c4ccccc4N(c4ccccc4-c4ccc5c(c4)C(C)(C)c4ccccc4-5)c4cccc5c4oc4ccccc45)c23)cc(C(C)(C)C)c1. The van der Waals surface area contributed by atoms with E-state index in [4.69, 9.17) is 4.42 Å². The first kappa shape index (κ1) is 40.6. The van der Waals surface area contributed by atoms with Crippen LogP contribution in [0.5, 0.6) is 0 Å². The highest BCUT2D eigenvalue weighted by molar-refractivity contribution is 6.13. The van der Waals surface area contributed by atoms with Gasteiger partial charge in [0.25, 0.3) is 0 Å². The standard InChI is InChI=1S/C63H55NO/c1-61(2,3)43-36-42(37-44(39-43)62(4,5)6)46-26-17-20-40-21-18-27-51(59(40)46)49-24-11-15-31-56(49)64(57-32-19-28-52-50-25-12-16-33-58(50)65-60(52)57)55-30-14-10-22-45(55)41-34-35-48-47-23-9-13-29-53(47)63(7,8)54(48)38-41/h9-39H,1-8H3. The van der Waals surface area contributed by atoms with Gasteiger partial charge in [0.15, 0.2) is 5.58 Å². The van der Waals surface area contributed by atoms with Gasteiger partial charge in [-0.2, -0.15) is 0 Å². The summed E-state index contributed by atoms with van der Waals surface area (Å²) in [6, 6.07) is 69.7. The monoisotopic (exact) mass is 841 g/mol. The lowest BCUT2D eigenvalue weighted by Gasteiger charge is -2.30. The second kappa shape index (κ2) is 15.0. The van der Waals surface area contributed by atoms with Crippen LogP contribution >= 0.6 is 0 Å². The fourth-order valence-corrected chi connectivity index (χ4v) is 10.4. The molecule has 0 saturated heterocycles. The molecular weight excluding hydrogens is 787 g/mol. The number of furan rings is 1. The van der Waals surface area contributed by atoms with E-state index in [1.54, 1.807) is 0 Å². The Morgan fingerprint density at radius 1 is 0.400 bits per heavy atom. The molecule has 2 heteroatoms. The predicted molar refractivity (Wildman–Crippen MR) is 277 cm³/mol. The zero-order valence-electron chi connectivity index (χ0n) is 38.8. The summed E-state index contributed by atoms with van der Waals surface area (Å²) in [5, 5.41) is 4.65. The number of hydrogen-bond donors (Lipinski definition) is 0. The minimum atomic E-state index is -0.130. The smallest absolute Gasteiger partial charge is 0.159 e. The fourth-order valence-electron chi connectivity index (χ4n) is 10.4. The number of anilines is 3. The Kier molecular flexibility index (Phi) is 9.35. The van der Waals surface area contributed by atoms with Gasteiger partial charge in [-0.05, 0) is 108 Å². The second-order valence-corrected chi connectivity index (χ2v) is 20.6. The highest BCUT2D eigenvalue weighted by Crippen LogP contribution is 2.53. The zero-order chi connectivity index (χ0) is 44.8. The van der Waals surface area contributed by atoms with Gasteiger partial charge in [-0.1, -0.05) is 213 Å². The van der Waals surface area contributed by atoms with Crippen molar-refractivity contribution in [3.63, 3.8) is 0 Å². The van der Waals surface area contributed by atoms with Crippen molar-refractivity contribution in [3.05, 3.63) is 210 Å². The van der Waals surface area contributed by atoms with E-state index in [0.29, 0.717) is 0 Å². The third kappa shape index (κ3) is 6.69. The Morgan fingerprint density at radius 3 is 1.66 bits per heavy atom. The summed E-state index contributed by atoms with van der Waals surface area (Å²) in [5.41, 5.74) is 19.9. The third-order valence-electron chi connectivity index (χ3n) is 14.0. The molecule has 0 bridgehead atoms. The predicted octanol–water partition coefficient (Wildman–Crippen LogP) is 18.1. The summed E-state index contributed by atoms with van der Waals surface area (Å²) in [6.07, 6.45) is 0. The Labute approximate surface area is 383 Å². The molecule has 0 amide bonds. The second-order valence-electron chi connectivity index (χ2n) is 20.6. The first-order chi connectivity index (χ1) is 31.3. The molecule has 0 aliphatic heterocycles. The lowest BCUT2D eigenvalue weighted by atomic mass is 9.78. The molecule has 1 aromatic heterocycles. The maximum atomic E-state index is 6.91. The minimum absolute atomic E-state index is 0.0137. The van der Waals surface area contributed by atoms with Crippen LogP contribution in [0.1, 0.15) is 77.6 Å². The molecule has 1 heterocycles. The highest BCUT2D eigenvalue weighted by Gasteiger charge is 2.36. The van der Waals surface area contributed by atoms with Gasteiger partial charge >= 0.3 is 0 Å². The molecule has 11 rings (SSSR count). The lowest BCUT2D eigenvalue weighted by Crippen LogP contribution is -2.16. The summed E-state index contributed by atoms with van der Waals surface area (Å²) >= 11 is 0. The highest BCUT2D eigenvalue weighted by atomic mass is 16.3. The average Bonchev–Trinajstić information content (AvgIpc) is 3.80. The van der Waals surface area contributed by atoms with E-state index in [1.807, 2.05) is 0 Å². The van der Waals surface area contributed by atoms with E-state index in [2.05, 4.69) is 248 Å². The normalized spacial score (nSPS) is 13.4. The summed E-state index contributed by atoms with van der Waals surface area (Å²) in [5.74, 6) is 0. The molecule has 10 aromatic rings. The number of rotatable bonds is 6. The molecule has 0 fully saturated rings. The number of hydrogen-bond acceptors (Lipinski definition) is 2. The van der Waals surface area contributed by atoms with Crippen molar-refractivity contribution in [2.45, 2.75) is 71.6 Å². The van der Waals surface area contributed by atoms with Crippen LogP contribution in [-0.2, 0) is 16.2 Å². The fraction of sp³-hybridized carbons (Fsp3) is 0.175. The van der Waals surface area contributed by atoms with Gasteiger partial charge in [0.1, 0.15) is 5.58 Å². The first-order valence-electron chi connectivity index (χ1n) is 23.1. The van der Waals surface area contributed by atoms with Crippen LogP contribution in [0.15, 0.2) is 192 Å². The molecule has 1 aliphatic carbocycles. The lowest BCUT2D eigenvalue weighted by molar-refractivity contribution is 0.569. The molecule has 0 saturated carbocycles. The van der Waals surface area contributed by atoms with Gasteiger partial charge in [-0.3, -0.25) is 0 Å². The van der Waals surface area contributed by atoms with Crippen LogP contribution in [0.3, 0.4) is 0 Å². The van der Waals surface area contributed by atoms with Gasteiger partial charge in [0.2, 0.25) is 0 Å². The van der Waals surface area contributed by atoms with Gasteiger partial charge in [-0.15, -0.1) is 0 Å². The van der Waals surface area contributed by atoms with Gasteiger partial charge in [-0.25, -0.2) is 0 Å². The van der Waals surface area contributed by atoms with Crippen molar-refractivity contribution < 1.29 is 4.42 Å². The van der Waals surface area contributed by atoms with Crippen LogP contribution in [0.2, 0.25) is 0 Å². The van der Waals surface area contributed by atoms with Crippen LogP contribution in [-0.4, -0.2) is 0 Å². The molecular formula is C63H55NO. The number of benzene rings is 9. The van der Waals surface area contributed by atoms with E-state index >= 15 is 0 Å². The van der Waals surface area contributed by atoms with E-state index in [0.717, 1.165) is 50.1 Å². The molecule has 2 nitrogen and oxygen atoms in total. The Balaban J connectivity index is 1.18. The van der Waals surface area contributed by atoms with Crippen LogP contribution in [0.25, 0.3) is 77.2 Å². The summed E-state index contributed by atoms with van der Waals surface area (Å²) in [7, 11) is 0. The summed E-state index contributed by atoms with van der Waals surface area (Å²) < 4.78 is 6.91. The van der Waals surface area contributed by atoms with Gasteiger partial charge in [0, 0.05) is 27.3 Å². The molecule has 0 N–H and O–H groups in total. The molecule has 0 unspecified atom stereocenters. The Morgan fingerprint density at radius 2 is 0.938 bits per heavy atom. The Bertz CT molecular complexity index is 3460. The molecule has 318 valence electrons. The molecule has 65 heavy (non-hydrogen) atoms. The molecule has 0 radical (unpaired) electrons.